The minimum Gasteiger partial charge on any atom is -0.399 e. The predicted molar refractivity (Wildman–Crippen MR) is 90.0 cm³/mol. The van der Waals surface area contributed by atoms with Gasteiger partial charge in [0.1, 0.15) is 0 Å². The van der Waals surface area contributed by atoms with Crippen molar-refractivity contribution in [3.63, 3.8) is 0 Å². The van der Waals surface area contributed by atoms with Gasteiger partial charge in [-0.05, 0) is 33.2 Å². The van der Waals surface area contributed by atoms with Crippen LogP contribution in [0, 0.1) is 0 Å². The molecule has 20 heavy (non-hydrogen) atoms. The van der Waals surface area contributed by atoms with E-state index in [1.54, 1.807) is 23.9 Å². The minimum atomic E-state index is -0.181. The number of rotatable bonds is 6. The van der Waals surface area contributed by atoms with Crippen molar-refractivity contribution in [1.29, 1.82) is 0 Å². The van der Waals surface area contributed by atoms with Crippen LogP contribution in [0.4, 0.5) is 11.4 Å². The second kappa shape index (κ2) is 7.98. The fourth-order valence-electron chi connectivity index (χ4n) is 1.42. The van der Waals surface area contributed by atoms with Crippen molar-refractivity contribution in [1.82, 2.24) is 4.90 Å². The Morgan fingerprint density at radius 1 is 1.40 bits per heavy atom. The summed E-state index contributed by atoms with van der Waals surface area (Å²) in [5, 5.41) is 3.25. The van der Waals surface area contributed by atoms with E-state index in [1.165, 1.54) is 0 Å². The number of thioether (sulfide) groups is 1. The zero-order valence-corrected chi connectivity index (χ0v) is 14.1. The summed E-state index contributed by atoms with van der Waals surface area (Å²) >= 11 is 13.7. The molecule has 1 aromatic rings. The van der Waals surface area contributed by atoms with Crippen LogP contribution in [0.1, 0.15) is 6.92 Å². The van der Waals surface area contributed by atoms with E-state index in [-0.39, 0.29) is 11.2 Å². The number of nitrogens with two attached hydrogens (primary N) is 1. The highest BCUT2D eigenvalue weighted by molar-refractivity contribution is 8.00. The lowest BCUT2D eigenvalue weighted by Crippen LogP contribution is -2.25. The number of benzene rings is 1. The third-order valence-electron chi connectivity index (χ3n) is 2.59. The van der Waals surface area contributed by atoms with E-state index in [2.05, 4.69) is 10.2 Å². The van der Waals surface area contributed by atoms with Crippen LogP contribution in [0.2, 0.25) is 10.0 Å². The van der Waals surface area contributed by atoms with E-state index in [4.69, 9.17) is 28.9 Å². The maximum atomic E-state index is 12.1. The van der Waals surface area contributed by atoms with E-state index in [9.17, 15) is 4.79 Å². The van der Waals surface area contributed by atoms with Gasteiger partial charge in [-0.3, -0.25) is 4.79 Å². The first-order valence-corrected chi connectivity index (χ1v) is 7.93. The average molecular weight is 336 g/mol. The SMILES string of the molecule is CC(SCCN(C)C)C(=O)Nc1c(Cl)cc(N)cc1Cl. The van der Waals surface area contributed by atoms with Gasteiger partial charge in [0.15, 0.2) is 0 Å². The molecule has 1 rings (SSSR count). The maximum Gasteiger partial charge on any atom is 0.237 e. The molecule has 1 atom stereocenters. The molecule has 3 N–H and O–H groups in total. The third-order valence-corrected chi connectivity index (χ3v) is 4.32. The van der Waals surface area contributed by atoms with Gasteiger partial charge in [0.05, 0.1) is 21.0 Å². The molecule has 112 valence electrons. The van der Waals surface area contributed by atoms with Gasteiger partial charge in [-0.1, -0.05) is 23.2 Å². The summed E-state index contributed by atoms with van der Waals surface area (Å²) in [5.74, 6) is 0.757. The van der Waals surface area contributed by atoms with Gasteiger partial charge in [0.25, 0.3) is 0 Å². The largest absolute Gasteiger partial charge is 0.399 e. The van der Waals surface area contributed by atoms with Crippen molar-refractivity contribution < 1.29 is 4.79 Å². The summed E-state index contributed by atoms with van der Waals surface area (Å²) in [7, 11) is 4.00. The Morgan fingerprint density at radius 2 is 1.95 bits per heavy atom. The zero-order valence-electron chi connectivity index (χ0n) is 11.7. The lowest BCUT2D eigenvalue weighted by Gasteiger charge is -2.15. The van der Waals surface area contributed by atoms with Crippen molar-refractivity contribution in [3.8, 4) is 0 Å². The average Bonchev–Trinajstić information content (AvgIpc) is 2.32. The van der Waals surface area contributed by atoms with Crippen LogP contribution < -0.4 is 11.1 Å². The highest BCUT2D eigenvalue weighted by atomic mass is 35.5. The van der Waals surface area contributed by atoms with Crippen LogP contribution >= 0.6 is 35.0 Å². The van der Waals surface area contributed by atoms with Gasteiger partial charge in [-0.25, -0.2) is 0 Å². The maximum absolute atomic E-state index is 12.1. The number of halogens is 2. The van der Waals surface area contributed by atoms with Gasteiger partial charge < -0.3 is 16.0 Å². The molecule has 0 aliphatic carbocycles. The van der Waals surface area contributed by atoms with Crippen LogP contribution in [0.3, 0.4) is 0 Å². The number of hydrogen-bond donors (Lipinski definition) is 2. The summed E-state index contributed by atoms with van der Waals surface area (Å²) in [6.07, 6.45) is 0. The smallest absolute Gasteiger partial charge is 0.237 e. The van der Waals surface area contributed by atoms with Gasteiger partial charge >= 0.3 is 0 Å². The lowest BCUT2D eigenvalue weighted by molar-refractivity contribution is -0.115. The van der Waals surface area contributed by atoms with E-state index >= 15 is 0 Å². The molecule has 0 fully saturated rings. The van der Waals surface area contributed by atoms with Gasteiger partial charge in [0.2, 0.25) is 5.91 Å². The molecule has 0 aromatic heterocycles. The third kappa shape index (κ3) is 5.40. The summed E-state index contributed by atoms with van der Waals surface area (Å²) in [6, 6.07) is 3.12. The highest BCUT2D eigenvalue weighted by Gasteiger charge is 2.17. The molecule has 0 aliphatic rings. The summed E-state index contributed by atoms with van der Waals surface area (Å²) in [4.78, 5) is 14.2. The van der Waals surface area contributed by atoms with Crippen LogP contribution in [-0.4, -0.2) is 42.4 Å². The Hall–Kier alpha value is -0.620. The second-order valence-corrected chi connectivity index (χ2v) is 6.93. The number of nitrogens with one attached hydrogen (secondary N) is 1. The Bertz CT molecular complexity index is 460. The van der Waals surface area contributed by atoms with Crippen molar-refractivity contribution in [3.05, 3.63) is 22.2 Å². The number of carbonyl (C=O) groups excluding carboxylic acids is 1. The Balaban J connectivity index is 2.62. The molecular formula is C13H19Cl2N3OS. The van der Waals surface area contributed by atoms with Crippen molar-refractivity contribution >= 4 is 52.2 Å². The molecule has 4 nitrogen and oxygen atoms in total. The number of carbonyl (C=O) groups is 1. The number of amides is 1. The van der Waals surface area contributed by atoms with Crippen LogP contribution in [-0.2, 0) is 4.79 Å². The second-order valence-electron chi connectivity index (χ2n) is 4.67. The number of nitrogen functional groups attached to an aromatic ring is 1. The molecule has 0 spiro atoms. The number of anilines is 2. The fourth-order valence-corrected chi connectivity index (χ4v) is 3.06. The summed E-state index contributed by atoms with van der Waals surface area (Å²) in [5.41, 5.74) is 6.50. The predicted octanol–water partition coefficient (Wildman–Crippen LogP) is 3.20. The summed E-state index contributed by atoms with van der Waals surface area (Å²) in [6.45, 7) is 2.78. The van der Waals surface area contributed by atoms with Gasteiger partial charge in [-0.2, -0.15) is 0 Å². The zero-order chi connectivity index (χ0) is 15.3. The fraction of sp³-hybridized carbons (Fsp3) is 0.462. The van der Waals surface area contributed by atoms with E-state index in [0.717, 1.165) is 12.3 Å². The van der Waals surface area contributed by atoms with Crippen molar-refractivity contribution in [2.24, 2.45) is 0 Å². The molecule has 0 heterocycles. The number of hydrogen-bond acceptors (Lipinski definition) is 4. The first kappa shape index (κ1) is 17.4. The summed E-state index contributed by atoms with van der Waals surface area (Å²) < 4.78 is 0. The molecule has 0 aliphatic heterocycles. The molecule has 0 radical (unpaired) electrons. The van der Waals surface area contributed by atoms with E-state index in [1.807, 2.05) is 21.0 Å². The molecule has 0 saturated heterocycles. The first-order valence-electron chi connectivity index (χ1n) is 6.13. The molecule has 0 bridgehead atoms. The van der Waals surface area contributed by atoms with Gasteiger partial charge in [0, 0.05) is 18.0 Å². The quantitative estimate of drug-likeness (QED) is 0.784. The van der Waals surface area contributed by atoms with E-state index < -0.39 is 0 Å². The van der Waals surface area contributed by atoms with Gasteiger partial charge in [-0.15, -0.1) is 11.8 Å². The Kier molecular flexibility index (Phi) is 6.95. The highest BCUT2D eigenvalue weighted by Crippen LogP contribution is 2.33. The topological polar surface area (TPSA) is 58.4 Å². The molecule has 1 amide bonds. The molecule has 0 saturated carbocycles. The van der Waals surface area contributed by atoms with Crippen molar-refractivity contribution in [2.45, 2.75) is 12.2 Å². The standard InChI is InChI=1S/C13H19Cl2N3OS/c1-8(20-5-4-18(2)3)13(19)17-12-10(14)6-9(16)7-11(12)15/h6-8H,4-5,16H2,1-3H3,(H,17,19). The van der Waals surface area contributed by atoms with Crippen LogP contribution in [0.5, 0.6) is 0 Å². The lowest BCUT2D eigenvalue weighted by atomic mass is 10.2. The Labute approximate surface area is 134 Å². The first-order chi connectivity index (χ1) is 9.31. The van der Waals surface area contributed by atoms with Crippen LogP contribution in [0.15, 0.2) is 12.1 Å². The molecule has 7 heteroatoms. The normalized spacial score (nSPS) is 12.5. The molecular weight excluding hydrogens is 317 g/mol. The Morgan fingerprint density at radius 3 is 2.45 bits per heavy atom. The van der Waals surface area contributed by atoms with Crippen molar-refractivity contribution in [2.75, 3.05) is 37.4 Å². The van der Waals surface area contributed by atoms with E-state index in [0.29, 0.717) is 21.4 Å². The number of nitrogens with zero attached hydrogens (tertiary/aromatic N) is 1. The van der Waals surface area contributed by atoms with Crippen LogP contribution in [0.25, 0.3) is 0 Å². The minimum absolute atomic E-state index is 0.123. The molecule has 1 unspecified atom stereocenters. The monoisotopic (exact) mass is 335 g/mol. The molecule has 1 aromatic carbocycles.